The highest BCUT2D eigenvalue weighted by atomic mass is 32.2. The highest BCUT2D eigenvalue weighted by Gasteiger charge is 2.28. The SMILES string of the molecule is COc1ccc(C[C@H](NC(=O)[C@H](C)NS(=O)(=O)c2ccccc2C)C(=O)OCc2ccccc2)cc1. The molecule has 36 heavy (non-hydrogen) atoms. The molecule has 0 fully saturated rings. The quantitative estimate of drug-likeness (QED) is 0.384. The number of nitrogens with one attached hydrogen (secondary N) is 2. The maximum absolute atomic E-state index is 13.0. The molecule has 1 amide bonds. The fraction of sp³-hybridized carbons (Fsp3) is 0.259. The van der Waals surface area contributed by atoms with Crippen LogP contribution in [0.15, 0.2) is 83.8 Å². The number of methoxy groups -OCH3 is 1. The molecular weight excluding hydrogens is 480 g/mol. The number of sulfonamides is 1. The Morgan fingerprint density at radius 3 is 2.17 bits per heavy atom. The second-order valence-corrected chi connectivity index (χ2v) is 10.00. The maximum atomic E-state index is 13.0. The van der Waals surface area contributed by atoms with Crippen molar-refractivity contribution >= 4 is 21.9 Å². The van der Waals surface area contributed by atoms with Gasteiger partial charge in [0, 0.05) is 6.42 Å². The minimum atomic E-state index is -3.94. The van der Waals surface area contributed by atoms with E-state index in [1.165, 1.54) is 13.0 Å². The van der Waals surface area contributed by atoms with Gasteiger partial charge in [-0.25, -0.2) is 13.2 Å². The highest BCUT2D eigenvalue weighted by molar-refractivity contribution is 7.89. The molecular formula is C27H30N2O6S. The van der Waals surface area contributed by atoms with E-state index in [1.54, 1.807) is 56.5 Å². The summed E-state index contributed by atoms with van der Waals surface area (Å²) in [6.45, 7) is 3.14. The van der Waals surface area contributed by atoms with Crippen LogP contribution >= 0.6 is 0 Å². The van der Waals surface area contributed by atoms with Crippen LogP contribution in [0.25, 0.3) is 0 Å². The predicted octanol–water partition coefficient (Wildman–Crippen LogP) is 3.14. The zero-order chi connectivity index (χ0) is 26.1. The van der Waals surface area contributed by atoms with Gasteiger partial charge < -0.3 is 14.8 Å². The number of aryl methyl sites for hydroxylation is 1. The Kier molecular flexibility index (Phi) is 9.21. The number of carbonyl (C=O) groups is 2. The fourth-order valence-electron chi connectivity index (χ4n) is 3.52. The molecule has 2 N–H and O–H groups in total. The van der Waals surface area contributed by atoms with Crippen LogP contribution in [0.3, 0.4) is 0 Å². The van der Waals surface area contributed by atoms with E-state index in [-0.39, 0.29) is 17.9 Å². The third kappa shape index (κ3) is 7.40. The Bertz CT molecular complexity index is 1280. The molecule has 190 valence electrons. The minimum absolute atomic E-state index is 0.0458. The van der Waals surface area contributed by atoms with Crippen LogP contribution < -0.4 is 14.8 Å². The van der Waals surface area contributed by atoms with Gasteiger partial charge >= 0.3 is 5.97 Å². The number of hydrogen-bond donors (Lipinski definition) is 2. The lowest BCUT2D eigenvalue weighted by Gasteiger charge is -2.21. The number of rotatable bonds is 11. The molecule has 0 heterocycles. The third-order valence-corrected chi connectivity index (χ3v) is 7.23. The average molecular weight is 511 g/mol. The smallest absolute Gasteiger partial charge is 0.329 e. The molecule has 0 saturated carbocycles. The summed E-state index contributed by atoms with van der Waals surface area (Å²) in [6, 6.07) is 20.6. The number of hydrogen-bond acceptors (Lipinski definition) is 6. The van der Waals surface area contributed by atoms with Gasteiger partial charge in [-0.1, -0.05) is 60.7 Å². The van der Waals surface area contributed by atoms with Crippen molar-refractivity contribution in [3.8, 4) is 5.75 Å². The molecule has 0 aliphatic rings. The Morgan fingerprint density at radius 1 is 0.889 bits per heavy atom. The first kappa shape index (κ1) is 26.9. The van der Waals surface area contributed by atoms with Crippen LogP contribution in [0.1, 0.15) is 23.6 Å². The second-order valence-electron chi connectivity index (χ2n) is 8.32. The lowest BCUT2D eigenvalue weighted by molar-refractivity contribution is -0.149. The van der Waals surface area contributed by atoms with Gasteiger partial charge in [-0.05, 0) is 48.7 Å². The molecule has 9 heteroatoms. The summed E-state index contributed by atoms with van der Waals surface area (Å²) >= 11 is 0. The first-order chi connectivity index (χ1) is 17.2. The summed E-state index contributed by atoms with van der Waals surface area (Å²) in [5.74, 6) is -0.621. The van der Waals surface area contributed by atoms with E-state index in [4.69, 9.17) is 9.47 Å². The summed E-state index contributed by atoms with van der Waals surface area (Å²) in [5.41, 5.74) is 2.13. The molecule has 0 aromatic heterocycles. The normalized spacial score (nSPS) is 12.9. The molecule has 3 rings (SSSR count). The Labute approximate surface area is 211 Å². The van der Waals surface area contributed by atoms with Crippen LogP contribution in [-0.2, 0) is 37.4 Å². The summed E-state index contributed by atoms with van der Waals surface area (Å²) in [4.78, 5) is 26.0. The first-order valence-electron chi connectivity index (χ1n) is 11.4. The topological polar surface area (TPSA) is 111 Å². The second kappa shape index (κ2) is 12.3. The molecule has 2 atom stereocenters. The van der Waals surface area contributed by atoms with Gasteiger partial charge in [-0.3, -0.25) is 4.79 Å². The number of esters is 1. The van der Waals surface area contributed by atoms with Crippen molar-refractivity contribution < 1.29 is 27.5 Å². The lowest BCUT2D eigenvalue weighted by atomic mass is 10.1. The molecule has 3 aromatic rings. The maximum Gasteiger partial charge on any atom is 0.329 e. The van der Waals surface area contributed by atoms with Crippen LogP contribution in [-0.4, -0.2) is 39.5 Å². The summed E-state index contributed by atoms with van der Waals surface area (Å²) in [7, 11) is -2.39. The van der Waals surface area contributed by atoms with E-state index in [0.29, 0.717) is 11.3 Å². The summed E-state index contributed by atoms with van der Waals surface area (Å²) < 4.78 is 38.6. The van der Waals surface area contributed by atoms with Gasteiger partial charge in [0.1, 0.15) is 18.4 Å². The van der Waals surface area contributed by atoms with Crippen molar-refractivity contribution in [1.82, 2.24) is 10.0 Å². The Hall–Kier alpha value is -3.69. The van der Waals surface area contributed by atoms with E-state index in [9.17, 15) is 18.0 Å². The molecule has 0 aliphatic carbocycles. The zero-order valence-corrected chi connectivity index (χ0v) is 21.2. The molecule has 3 aromatic carbocycles. The van der Waals surface area contributed by atoms with Crippen molar-refractivity contribution in [2.24, 2.45) is 0 Å². The number of benzene rings is 3. The van der Waals surface area contributed by atoms with Crippen molar-refractivity contribution in [3.63, 3.8) is 0 Å². The third-order valence-electron chi connectivity index (χ3n) is 5.53. The predicted molar refractivity (Wildman–Crippen MR) is 136 cm³/mol. The molecule has 0 bridgehead atoms. The highest BCUT2D eigenvalue weighted by Crippen LogP contribution is 2.16. The molecule has 0 spiro atoms. The van der Waals surface area contributed by atoms with Crippen LogP contribution in [0.4, 0.5) is 0 Å². The number of ether oxygens (including phenoxy) is 2. The van der Waals surface area contributed by atoms with E-state index < -0.39 is 34.0 Å². The van der Waals surface area contributed by atoms with Gasteiger partial charge in [0.2, 0.25) is 15.9 Å². The summed E-state index contributed by atoms with van der Waals surface area (Å²) in [6.07, 6.45) is 0.153. The van der Waals surface area contributed by atoms with Crippen molar-refractivity contribution in [1.29, 1.82) is 0 Å². The van der Waals surface area contributed by atoms with E-state index in [0.717, 1.165) is 11.1 Å². The average Bonchev–Trinajstić information content (AvgIpc) is 2.87. The zero-order valence-electron chi connectivity index (χ0n) is 20.4. The van der Waals surface area contributed by atoms with Crippen LogP contribution in [0, 0.1) is 6.92 Å². The lowest BCUT2D eigenvalue weighted by Crippen LogP contribution is -2.51. The van der Waals surface area contributed by atoms with Crippen LogP contribution in [0.2, 0.25) is 0 Å². The minimum Gasteiger partial charge on any atom is -0.497 e. The standard InChI is InChI=1S/C27H30N2O6S/c1-19-9-7-8-12-25(19)36(32,33)29-20(2)26(30)28-24(17-21-13-15-23(34-3)16-14-21)27(31)35-18-22-10-5-4-6-11-22/h4-16,20,24,29H,17-18H2,1-3H3,(H,28,30)/t20-,24-/m0/s1. The summed E-state index contributed by atoms with van der Waals surface area (Å²) in [5, 5.41) is 2.65. The number of carbonyl (C=O) groups excluding carboxylic acids is 2. The Morgan fingerprint density at radius 2 is 1.53 bits per heavy atom. The fourth-order valence-corrected chi connectivity index (χ4v) is 4.97. The van der Waals surface area contributed by atoms with E-state index >= 15 is 0 Å². The van der Waals surface area contributed by atoms with Crippen molar-refractivity contribution in [2.75, 3.05) is 7.11 Å². The number of amides is 1. The van der Waals surface area contributed by atoms with Gasteiger partial charge in [0.15, 0.2) is 0 Å². The van der Waals surface area contributed by atoms with Gasteiger partial charge in [-0.2, -0.15) is 4.72 Å². The van der Waals surface area contributed by atoms with Crippen molar-refractivity contribution in [2.45, 2.75) is 43.9 Å². The van der Waals surface area contributed by atoms with Gasteiger partial charge in [0.05, 0.1) is 18.0 Å². The first-order valence-corrected chi connectivity index (χ1v) is 12.9. The van der Waals surface area contributed by atoms with Gasteiger partial charge in [-0.15, -0.1) is 0 Å². The Balaban J connectivity index is 1.73. The largest absolute Gasteiger partial charge is 0.497 e. The molecule has 0 aliphatic heterocycles. The monoisotopic (exact) mass is 510 g/mol. The molecule has 0 radical (unpaired) electrons. The van der Waals surface area contributed by atoms with Gasteiger partial charge in [0.25, 0.3) is 0 Å². The molecule has 0 saturated heterocycles. The van der Waals surface area contributed by atoms with Crippen molar-refractivity contribution in [3.05, 3.63) is 95.6 Å². The molecule has 8 nitrogen and oxygen atoms in total. The molecule has 0 unspecified atom stereocenters. The van der Waals surface area contributed by atoms with Crippen LogP contribution in [0.5, 0.6) is 5.75 Å². The van der Waals surface area contributed by atoms with E-state index in [1.807, 2.05) is 30.3 Å². The van der Waals surface area contributed by atoms with E-state index in [2.05, 4.69) is 10.0 Å².